The third-order valence-corrected chi connectivity index (χ3v) is 4.60. The van der Waals surface area contributed by atoms with Crippen molar-refractivity contribution in [2.24, 2.45) is 5.92 Å². The summed E-state index contributed by atoms with van der Waals surface area (Å²) in [5.74, 6) is -1.14. The normalized spacial score (nSPS) is 16.9. The Balaban J connectivity index is 1.94. The number of rotatable bonds is 7. The number of hydrogen-bond donors (Lipinski definition) is 1. The Morgan fingerprint density at radius 2 is 2.00 bits per heavy atom. The van der Waals surface area contributed by atoms with E-state index in [1.165, 1.54) is 4.90 Å². The van der Waals surface area contributed by atoms with Gasteiger partial charge in [0, 0.05) is 25.7 Å². The van der Waals surface area contributed by atoms with Crippen LogP contribution in [0.1, 0.15) is 32.3 Å². The minimum atomic E-state index is -0.876. The van der Waals surface area contributed by atoms with E-state index in [0.717, 1.165) is 5.56 Å². The van der Waals surface area contributed by atoms with Gasteiger partial charge in [-0.3, -0.25) is 14.4 Å². The molecule has 2 amide bonds. The summed E-state index contributed by atoms with van der Waals surface area (Å²) >= 11 is 0. The number of nitrogens with zero attached hydrogens (tertiary/aromatic N) is 2. The maximum atomic E-state index is 12.5. The molecule has 27 heavy (non-hydrogen) atoms. The molecule has 0 aromatic heterocycles. The number of carbonyl (C=O) groups is 3. The van der Waals surface area contributed by atoms with E-state index >= 15 is 0 Å². The summed E-state index contributed by atoms with van der Waals surface area (Å²) in [5, 5.41) is 9.15. The van der Waals surface area contributed by atoms with Gasteiger partial charge < -0.3 is 19.6 Å². The van der Waals surface area contributed by atoms with Crippen molar-refractivity contribution in [1.29, 1.82) is 0 Å². The van der Waals surface area contributed by atoms with Crippen LogP contribution in [0.2, 0.25) is 0 Å². The number of hydrogen-bond acceptors (Lipinski definition) is 4. The highest BCUT2D eigenvalue weighted by atomic mass is 16.5. The van der Waals surface area contributed by atoms with Gasteiger partial charge in [-0.05, 0) is 32.8 Å². The molecule has 0 saturated carbocycles. The van der Waals surface area contributed by atoms with E-state index in [1.807, 2.05) is 38.1 Å². The van der Waals surface area contributed by atoms with Crippen molar-refractivity contribution in [3.8, 4) is 5.75 Å². The third kappa shape index (κ3) is 5.98. The second kappa shape index (κ2) is 9.39. The predicted molar refractivity (Wildman–Crippen MR) is 100 cm³/mol. The lowest BCUT2D eigenvalue weighted by atomic mass is 9.98. The number of carboxylic acids is 1. The second-order valence-corrected chi connectivity index (χ2v) is 7.22. The fourth-order valence-corrected chi connectivity index (χ4v) is 3.11. The fourth-order valence-electron chi connectivity index (χ4n) is 3.11. The molecule has 1 aromatic carbocycles. The molecule has 148 valence electrons. The van der Waals surface area contributed by atoms with Gasteiger partial charge in [-0.15, -0.1) is 0 Å². The molecule has 1 unspecified atom stereocenters. The van der Waals surface area contributed by atoms with Crippen molar-refractivity contribution >= 4 is 17.8 Å². The van der Waals surface area contributed by atoms with Crippen LogP contribution in [0.5, 0.6) is 5.75 Å². The first-order valence-corrected chi connectivity index (χ1v) is 9.27. The number of piperidine rings is 1. The fraction of sp³-hybridized carbons (Fsp3) is 0.550. The van der Waals surface area contributed by atoms with Crippen molar-refractivity contribution in [3.05, 3.63) is 29.8 Å². The molecule has 1 aromatic rings. The highest BCUT2D eigenvalue weighted by molar-refractivity contribution is 5.86. The molecule has 0 radical (unpaired) electrons. The van der Waals surface area contributed by atoms with Crippen LogP contribution in [0.3, 0.4) is 0 Å². The van der Waals surface area contributed by atoms with Gasteiger partial charge in [-0.25, -0.2) is 0 Å². The Labute approximate surface area is 159 Å². The van der Waals surface area contributed by atoms with Crippen molar-refractivity contribution in [2.75, 3.05) is 26.7 Å². The molecule has 0 aliphatic carbocycles. The van der Waals surface area contributed by atoms with Crippen LogP contribution in [0, 0.1) is 5.92 Å². The summed E-state index contributed by atoms with van der Waals surface area (Å²) in [7, 11) is 1.59. The Morgan fingerprint density at radius 3 is 2.67 bits per heavy atom. The standard InChI is InChI=1S/C20H28N2O5/c1-14(2)27-17-9-5-4-7-15(17)11-18(23)21(3)13-19(24)22-10-6-8-16(12-22)20(25)26/h4-5,7,9,14,16H,6,8,10-13H2,1-3H3,(H,25,26). The van der Waals surface area contributed by atoms with Crippen LogP contribution in [0.25, 0.3) is 0 Å². The van der Waals surface area contributed by atoms with E-state index < -0.39 is 11.9 Å². The summed E-state index contributed by atoms with van der Waals surface area (Å²) in [6, 6.07) is 7.37. The largest absolute Gasteiger partial charge is 0.491 e. The predicted octanol–water partition coefficient (Wildman–Crippen LogP) is 1.80. The van der Waals surface area contributed by atoms with Gasteiger partial charge in [0.1, 0.15) is 5.75 Å². The summed E-state index contributed by atoms with van der Waals surface area (Å²) < 4.78 is 5.73. The molecule has 0 bridgehead atoms. The zero-order valence-corrected chi connectivity index (χ0v) is 16.2. The summed E-state index contributed by atoms with van der Waals surface area (Å²) in [5.41, 5.74) is 0.777. The van der Waals surface area contributed by atoms with E-state index in [0.29, 0.717) is 25.1 Å². The molecule has 1 saturated heterocycles. The molecule has 1 heterocycles. The van der Waals surface area contributed by atoms with E-state index in [2.05, 4.69) is 0 Å². The number of ether oxygens (including phenoxy) is 1. The number of para-hydroxylation sites is 1. The Hall–Kier alpha value is -2.57. The Kier molecular flexibility index (Phi) is 7.21. The summed E-state index contributed by atoms with van der Waals surface area (Å²) in [4.78, 5) is 39.1. The number of likely N-dealkylation sites (tertiary alicyclic amines) is 1. The molecule has 2 rings (SSSR count). The van der Waals surface area contributed by atoms with Gasteiger partial charge in [-0.2, -0.15) is 0 Å². The number of carboxylic acid groups (broad SMARTS) is 1. The molecule has 7 nitrogen and oxygen atoms in total. The van der Waals surface area contributed by atoms with Gasteiger partial charge in [0.15, 0.2) is 0 Å². The van der Waals surface area contributed by atoms with Gasteiger partial charge in [0.25, 0.3) is 0 Å². The molecule has 1 fully saturated rings. The van der Waals surface area contributed by atoms with E-state index in [1.54, 1.807) is 11.9 Å². The maximum absolute atomic E-state index is 12.5. The molecule has 1 atom stereocenters. The molecule has 7 heteroatoms. The molecule has 1 aliphatic rings. The lowest BCUT2D eigenvalue weighted by molar-refractivity contribution is -0.147. The number of amides is 2. The second-order valence-electron chi connectivity index (χ2n) is 7.22. The first kappa shape index (κ1) is 20.7. The zero-order chi connectivity index (χ0) is 20.0. The average Bonchev–Trinajstić information content (AvgIpc) is 2.62. The first-order chi connectivity index (χ1) is 12.8. The Bertz CT molecular complexity index is 689. The number of aliphatic carboxylic acids is 1. The summed E-state index contributed by atoms with van der Waals surface area (Å²) in [6.45, 7) is 4.54. The van der Waals surface area contributed by atoms with Crippen molar-refractivity contribution < 1.29 is 24.2 Å². The Morgan fingerprint density at radius 1 is 1.30 bits per heavy atom. The van der Waals surface area contributed by atoms with Crippen molar-refractivity contribution in [2.45, 2.75) is 39.2 Å². The average molecular weight is 376 g/mol. The molecular weight excluding hydrogens is 348 g/mol. The molecular formula is C20H28N2O5. The van der Waals surface area contributed by atoms with Gasteiger partial charge >= 0.3 is 5.97 Å². The number of benzene rings is 1. The van der Waals surface area contributed by atoms with Crippen LogP contribution in [0.4, 0.5) is 0 Å². The minimum Gasteiger partial charge on any atom is -0.491 e. The van der Waals surface area contributed by atoms with Crippen LogP contribution >= 0.6 is 0 Å². The van der Waals surface area contributed by atoms with Crippen LogP contribution in [-0.4, -0.2) is 65.5 Å². The lowest BCUT2D eigenvalue weighted by Crippen LogP contribution is -2.47. The van der Waals surface area contributed by atoms with Crippen LogP contribution in [0.15, 0.2) is 24.3 Å². The number of likely N-dealkylation sites (N-methyl/N-ethyl adjacent to an activating group) is 1. The smallest absolute Gasteiger partial charge is 0.308 e. The lowest BCUT2D eigenvalue weighted by Gasteiger charge is -2.32. The van der Waals surface area contributed by atoms with Crippen molar-refractivity contribution in [3.63, 3.8) is 0 Å². The highest BCUT2D eigenvalue weighted by Crippen LogP contribution is 2.21. The molecule has 1 aliphatic heterocycles. The highest BCUT2D eigenvalue weighted by Gasteiger charge is 2.29. The molecule has 1 N–H and O–H groups in total. The first-order valence-electron chi connectivity index (χ1n) is 9.27. The number of carbonyl (C=O) groups excluding carboxylic acids is 2. The van der Waals surface area contributed by atoms with E-state index in [4.69, 9.17) is 9.84 Å². The minimum absolute atomic E-state index is 0.00171. The molecule has 0 spiro atoms. The quantitative estimate of drug-likeness (QED) is 0.784. The SMILES string of the molecule is CC(C)Oc1ccccc1CC(=O)N(C)CC(=O)N1CCCC(C(=O)O)C1. The van der Waals surface area contributed by atoms with Crippen LogP contribution < -0.4 is 4.74 Å². The van der Waals surface area contributed by atoms with Gasteiger partial charge in [-0.1, -0.05) is 18.2 Å². The monoisotopic (exact) mass is 376 g/mol. The summed E-state index contributed by atoms with van der Waals surface area (Å²) in [6.07, 6.45) is 1.40. The maximum Gasteiger partial charge on any atom is 0.308 e. The zero-order valence-electron chi connectivity index (χ0n) is 16.2. The van der Waals surface area contributed by atoms with Gasteiger partial charge in [0.05, 0.1) is 25.0 Å². The van der Waals surface area contributed by atoms with E-state index in [-0.39, 0.29) is 37.4 Å². The van der Waals surface area contributed by atoms with E-state index in [9.17, 15) is 14.4 Å². The van der Waals surface area contributed by atoms with Crippen LogP contribution in [-0.2, 0) is 20.8 Å². The topological polar surface area (TPSA) is 87.2 Å². The van der Waals surface area contributed by atoms with Gasteiger partial charge in [0.2, 0.25) is 11.8 Å². The van der Waals surface area contributed by atoms with Crippen molar-refractivity contribution in [1.82, 2.24) is 9.80 Å². The third-order valence-electron chi connectivity index (χ3n) is 4.60.